The number of halogens is 1. The molecule has 3 rings (SSSR count). The van der Waals surface area contributed by atoms with Crippen molar-refractivity contribution in [1.82, 2.24) is 14.5 Å². The fraction of sp³-hybridized carbons (Fsp3) is 0. The molecule has 94 valence electrons. The van der Waals surface area contributed by atoms with Crippen LogP contribution >= 0.6 is 15.9 Å². The van der Waals surface area contributed by atoms with Gasteiger partial charge >= 0.3 is 5.69 Å². The summed E-state index contributed by atoms with van der Waals surface area (Å²) in [5.41, 5.74) is -0.372. The molecule has 0 saturated carbocycles. The first-order valence-electron chi connectivity index (χ1n) is 5.54. The summed E-state index contributed by atoms with van der Waals surface area (Å²) in [6.07, 6.45) is 0. The predicted octanol–water partition coefficient (Wildman–Crippen LogP) is 1.84. The second-order valence-electron chi connectivity index (χ2n) is 3.93. The molecule has 0 unspecified atom stereocenters. The molecule has 0 radical (unpaired) electrons. The Bertz CT molecular complexity index is 883. The molecule has 0 atom stereocenters. The van der Waals surface area contributed by atoms with Crippen molar-refractivity contribution in [2.45, 2.75) is 0 Å². The van der Waals surface area contributed by atoms with Gasteiger partial charge in [0.1, 0.15) is 10.4 Å². The standard InChI is InChI=1S/C13H8BrN3O2/c14-10-6-3-7-11(16-10)17-12(18)8-4-1-2-5-9(8)15-13(17)19/h1-7H,(H,15,19). The van der Waals surface area contributed by atoms with Crippen molar-refractivity contribution in [3.05, 3.63) is 67.9 Å². The Balaban J connectivity index is 2.42. The minimum Gasteiger partial charge on any atom is -0.306 e. The monoisotopic (exact) mass is 317 g/mol. The largest absolute Gasteiger partial charge is 0.334 e. The van der Waals surface area contributed by atoms with Gasteiger partial charge in [-0.3, -0.25) is 4.79 Å². The molecule has 0 bridgehead atoms. The molecule has 0 amide bonds. The van der Waals surface area contributed by atoms with Crippen LogP contribution in [0.4, 0.5) is 0 Å². The molecule has 0 aliphatic rings. The van der Waals surface area contributed by atoms with E-state index in [-0.39, 0.29) is 11.4 Å². The van der Waals surface area contributed by atoms with E-state index in [1.165, 1.54) is 0 Å². The molecular formula is C13H8BrN3O2. The number of nitrogens with zero attached hydrogens (tertiary/aromatic N) is 2. The van der Waals surface area contributed by atoms with E-state index in [0.29, 0.717) is 15.5 Å². The van der Waals surface area contributed by atoms with Gasteiger partial charge in [-0.2, -0.15) is 0 Å². The lowest BCUT2D eigenvalue weighted by Gasteiger charge is -2.05. The first kappa shape index (κ1) is 11.9. The number of pyridine rings is 1. The summed E-state index contributed by atoms with van der Waals surface area (Å²) < 4.78 is 1.58. The number of rotatable bonds is 1. The van der Waals surface area contributed by atoms with Crippen LogP contribution in [-0.4, -0.2) is 14.5 Å². The minimum absolute atomic E-state index is 0.284. The molecule has 2 heterocycles. The number of para-hydroxylation sites is 1. The third-order valence-electron chi connectivity index (χ3n) is 2.73. The van der Waals surface area contributed by atoms with E-state index in [1.807, 2.05) is 0 Å². The van der Waals surface area contributed by atoms with Gasteiger partial charge in [0.05, 0.1) is 10.9 Å². The number of nitrogens with one attached hydrogen (secondary N) is 1. The van der Waals surface area contributed by atoms with E-state index in [9.17, 15) is 9.59 Å². The number of H-pyrrole nitrogens is 1. The lowest BCUT2D eigenvalue weighted by molar-refractivity contribution is 0.865. The van der Waals surface area contributed by atoms with Crippen molar-refractivity contribution in [3.8, 4) is 5.82 Å². The van der Waals surface area contributed by atoms with Crippen LogP contribution in [0.15, 0.2) is 56.7 Å². The van der Waals surface area contributed by atoms with E-state index in [0.717, 1.165) is 4.57 Å². The predicted molar refractivity (Wildman–Crippen MR) is 75.7 cm³/mol. The maximum absolute atomic E-state index is 12.3. The Morgan fingerprint density at radius 1 is 1.05 bits per heavy atom. The molecule has 5 nitrogen and oxygen atoms in total. The first-order chi connectivity index (χ1) is 9.16. The van der Waals surface area contributed by atoms with Gasteiger partial charge in [-0.15, -0.1) is 0 Å². The molecule has 0 fully saturated rings. The number of benzene rings is 1. The molecule has 3 aromatic rings. The van der Waals surface area contributed by atoms with Gasteiger partial charge in [-0.25, -0.2) is 14.3 Å². The average molecular weight is 318 g/mol. The second kappa shape index (κ2) is 4.47. The van der Waals surface area contributed by atoms with Crippen LogP contribution in [0, 0.1) is 0 Å². The highest BCUT2D eigenvalue weighted by Gasteiger charge is 2.09. The number of hydrogen-bond acceptors (Lipinski definition) is 3. The van der Waals surface area contributed by atoms with Crippen molar-refractivity contribution >= 4 is 26.8 Å². The molecular weight excluding hydrogens is 310 g/mol. The summed E-state index contributed by atoms with van der Waals surface area (Å²) in [6.45, 7) is 0. The molecule has 0 aliphatic carbocycles. The maximum atomic E-state index is 12.3. The number of hydrogen-bond donors (Lipinski definition) is 1. The molecule has 6 heteroatoms. The van der Waals surface area contributed by atoms with E-state index in [1.54, 1.807) is 42.5 Å². The van der Waals surface area contributed by atoms with Crippen LogP contribution in [0.5, 0.6) is 0 Å². The summed E-state index contributed by atoms with van der Waals surface area (Å²) in [4.78, 5) is 31.2. The Labute approximate surface area is 115 Å². The molecule has 1 N–H and O–H groups in total. The van der Waals surface area contributed by atoms with Crippen molar-refractivity contribution in [2.75, 3.05) is 0 Å². The number of aromatic amines is 1. The third-order valence-corrected chi connectivity index (χ3v) is 3.18. The molecule has 2 aromatic heterocycles. The van der Waals surface area contributed by atoms with Gasteiger partial charge in [0.25, 0.3) is 5.56 Å². The lowest BCUT2D eigenvalue weighted by atomic mass is 10.2. The van der Waals surface area contributed by atoms with Crippen LogP contribution in [0.3, 0.4) is 0 Å². The lowest BCUT2D eigenvalue weighted by Crippen LogP contribution is -2.34. The van der Waals surface area contributed by atoms with Crippen molar-refractivity contribution in [2.24, 2.45) is 0 Å². The average Bonchev–Trinajstić information content (AvgIpc) is 2.39. The van der Waals surface area contributed by atoms with Gasteiger partial charge in [-0.05, 0) is 40.2 Å². The van der Waals surface area contributed by atoms with Crippen LogP contribution in [-0.2, 0) is 0 Å². The van der Waals surface area contributed by atoms with E-state index < -0.39 is 5.69 Å². The summed E-state index contributed by atoms with van der Waals surface area (Å²) in [7, 11) is 0. The van der Waals surface area contributed by atoms with Crippen molar-refractivity contribution in [3.63, 3.8) is 0 Å². The van der Waals surface area contributed by atoms with E-state index in [4.69, 9.17) is 0 Å². The quantitative estimate of drug-likeness (QED) is 0.696. The topological polar surface area (TPSA) is 67.8 Å². The van der Waals surface area contributed by atoms with E-state index >= 15 is 0 Å². The summed E-state index contributed by atoms with van der Waals surface area (Å²) in [5.74, 6) is 0.284. The third kappa shape index (κ3) is 2.00. The molecule has 0 saturated heterocycles. The molecule has 0 spiro atoms. The highest BCUT2D eigenvalue weighted by Crippen LogP contribution is 2.09. The zero-order valence-corrected chi connectivity index (χ0v) is 11.2. The van der Waals surface area contributed by atoms with Gasteiger partial charge in [0.15, 0.2) is 0 Å². The SMILES string of the molecule is O=c1[nH]c2ccccc2c(=O)n1-c1cccc(Br)n1. The zero-order valence-electron chi connectivity index (χ0n) is 9.63. The fourth-order valence-corrected chi connectivity index (χ4v) is 2.23. The summed E-state index contributed by atoms with van der Waals surface area (Å²) >= 11 is 3.22. The fourth-order valence-electron chi connectivity index (χ4n) is 1.89. The van der Waals surface area contributed by atoms with Crippen LogP contribution in [0.25, 0.3) is 16.7 Å². The minimum atomic E-state index is -0.505. The highest BCUT2D eigenvalue weighted by molar-refractivity contribution is 9.10. The van der Waals surface area contributed by atoms with Gasteiger partial charge in [0.2, 0.25) is 0 Å². The smallest absolute Gasteiger partial charge is 0.306 e. The van der Waals surface area contributed by atoms with Crippen molar-refractivity contribution in [1.29, 1.82) is 0 Å². The van der Waals surface area contributed by atoms with Crippen LogP contribution < -0.4 is 11.2 Å². The molecule has 19 heavy (non-hydrogen) atoms. The number of fused-ring (bicyclic) bond motifs is 1. The molecule has 0 aliphatic heterocycles. The zero-order chi connectivity index (χ0) is 13.4. The van der Waals surface area contributed by atoms with Crippen LogP contribution in [0.2, 0.25) is 0 Å². The summed E-state index contributed by atoms with van der Waals surface area (Å²) in [5, 5.41) is 0.448. The Morgan fingerprint density at radius 3 is 2.63 bits per heavy atom. The summed E-state index contributed by atoms with van der Waals surface area (Å²) in [6, 6.07) is 11.9. The first-order valence-corrected chi connectivity index (χ1v) is 6.33. The number of aromatic nitrogens is 3. The maximum Gasteiger partial charge on any atom is 0.334 e. The van der Waals surface area contributed by atoms with E-state index in [2.05, 4.69) is 25.9 Å². The highest BCUT2D eigenvalue weighted by atomic mass is 79.9. The van der Waals surface area contributed by atoms with Gasteiger partial charge in [-0.1, -0.05) is 18.2 Å². The molecule has 1 aromatic carbocycles. The Kier molecular flexibility index (Phi) is 2.79. The van der Waals surface area contributed by atoms with Gasteiger partial charge < -0.3 is 4.98 Å². The Hall–Kier alpha value is -2.21. The van der Waals surface area contributed by atoms with Gasteiger partial charge in [0, 0.05) is 0 Å². The normalized spacial score (nSPS) is 10.8. The van der Waals surface area contributed by atoms with Crippen molar-refractivity contribution < 1.29 is 0 Å². The second-order valence-corrected chi connectivity index (χ2v) is 4.75. The Morgan fingerprint density at radius 2 is 1.84 bits per heavy atom. The van der Waals surface area contributed by atoms with Crippen LogP contribution in [0.1, 0.15) is 0 Å².